The van der Waals surface area contributed by atoms with Gasteiger partial charge in [0.15, 0.2) is 0 Å². The number of aliphatic hydroxyl groups is 1. The number of rotatable bonds is 5. The minimum absolute atomic E-state index is 0.200. The quantitative estimate of drug-likeness (QED) is 0.848. The smallest absolute Gasteiger partial charge is 0.335 e. The van der Waals surface area contributed by atoms with Gasteiger partial charge >= 0.3 is 5.97 Å². The van der Waals surface area contributed by atoms with Gasteiger partial charge in [0, 0.05) is 24.9 Å². The molecule has 1 atom stereocenters. The van der Waals surface area contributed by atoms with E-state index in [1.807, 2.05) is 6.92 Å². The fourth-order valence-electron chi connectivity index (χ4n) is 2.69. The number of aryl methyl sites for hydroxylation is 1. The van der Waals surface area contributed by atoms with E-state index in [1.54, 1.807) is 12.1 Å². The summed E-state index contributed by atoms with van der Waals surface area (Å²) >= 11 is 0. The molecule has 0 spiro atoms. The van der Waals surface area contributed by atoms with Gasteiger partial charge in [-0.1, -0.05) is 0 Å². The molecule has 0 bridgehead atoms. The van der Waals surface area contributed by atoms with Crippen LogP contribution in [0.1, 0.15) is 41.7 Å². The largest absolute Gasteiger partial charge is 0.478 e. The van der Waals surface area contributed by atoms with E-state index in [0.29, 0.717) is 6.04 Å². The van der Waals surface area contributed by atoms with Gasteiger partial charge in [-0.2, -0.15) is 0 Å². The highest BCUT2D eigenvalue weighted by molar-refractivity contribution is 5.88. The van der Waals surface area contributed by atoms with Crippen LogP contribution in [0.5, 0.6) is 0 Å². The number of hydrogen-bond acceptors (Lipinski definition) is 4. The highest BCUT2D eigenvalue weighted by atomic mass is 16.4. The first-order chi connectivity index (χ1) is 9.11. The standard InChI is InChI=1S/C14H20N2O3/c1-10-8-11(14(18)19)9-13(15-10)16-6-2-4-12(16)5-3-7-17/h8-9,12,17H,2-7H2,1H3,(H,18,19). The lowest BCUT2D eigenvalue weighted by molar-refractivity contribution is 0.0696. The lowest BCUT2D eigenvalue weighted by Gasteiger charge is -2.26. The van der Waals surface area contributed by atoms with Crippen LogP contribution >= 0.6 is 0 Å². The Hall–Kier alpha value is -1.62. The Morgan fingerprint density at radius 1 is 1.53 bits per heavy atom. The molecule has 0 aromatic carbocycles. The van der Waals surface area contributed by atoms with Gasteiger partial charge in [-0.05, 0) is 44.7 Å². The molecule has 2 N–H and O–H groups in total. The SMILES string of the molecule is Cc1cc(C(=O)O)cc(N2CCCC2CCCO)n1. The molecule has 1 aromatic heterocycles. The third-order valence-corrected chi connectivity index (χ3v) is 3.55. The van der Waals surface area contributed by atoms with Gasteiger partial charge in [0.2, 0.25) is 0 Å². The number of aliphatic hydroxyl groups excluding tert-OH is 1. The molecule has 0 amide bonds. The van der Waals surface area contributed by atoms with Crippen LogP contribution in [-0.4, -0.2) is 40.4 Å². The van der Waals surface area contributed by atoms with Gasteiger partial charge in [-0.3, -0.25) is 0 Å². The molecule has 0 saturated carbocycles. The Morgan fingerprint density at radius 2 is 2.32 bits per heavy atom. The number of aromatic carboxylic acids is 1. The second kappa shape index (κ2) is 6.02. The highest BCUT2D eigenvalue weighted by Gasteiger charge is 2.25. The number of anilines is 1. The average Bonchev–Trinajstić information content (AvgIpc) is 2.83. The van der Waals surface area contributed by atoms with Crippen LogP contribution in [0, 0.1) is 6.92 Å². The second-order valence-corrected chi connectivity index (χ2v) is 5.02. The minimum atomic E-state index is -0.919. The summed E-state index contributed by atoms with van der Waals surface area (Å²) in [5, 5.41) is 18.0. The second-order valence-electron chi connectivity index (χ2n) is 5.02. The van der Waals surface area contributed by atoms with Crippen molar-refractivity contribution in [2.24, 2.45) is 0 Å². The Bertz CT molecular complexity index is 462. The van der Waals surface area contributed by atoms with Crippen molar-refractivity contribution in [2.75, 3.05) is 18.1 Å². The van der Waals surface area contributed by atoms with Gasteiger partial charge in [-0.25, -0.2) is 9.78 Å². The van der Waals surface area contributed by atoms with E-state index >= 15 is 0 Å². The van der Waals surface area contributed by atoms with E-state index in [-0.39, 0.29) is 12.2 Å². The Labute approximate surface area is 112 Å². The first kappa shape index (κ1) is 13.8. The highest BCUT2D eigenvalue weighted by Crippen LogP contribution is 2.27. The maximum Gasteiger partial charge on any atom is 0.335 e. The summed E-state index contributed by atoms with van der Waals surface area (Å²) in [6.45, 7) is 2.92. The zero-order valence-corrected chi connectivity index (χ0v) is 11.2. The molecule has 1 saturated heterocycles. The first-order valence-electron chi connectivity index (χ1n) is 6.71. The molecule has 1 aliphatic rings. The molecule has 1 aromatic rings. The lowest BCUT2D eigenvalue weighted by atomic mass is 10.1. The molecule has 1 fully saturated rings. The molecule has 1 aliphatic heterocycles. The van der Waals surface area contributed by atoms with Crippen molar-refractivity contribution in [1.82, 2.24) is 4.98 Å². The molecular weight excluding hydrogens is 244 g/mol. The number of carboxylic acids is 1. The summed E-state index contributed by atoms with van der Waals surface area (Å²) in [4.78, 5) is 17.7. The third kappa shape index (κ3) is 3.23. The molecule has 19 heavy (non-hydrogen) atoms. The Balaban J connectivity index is 2.22. The normalized spacial score (nSPS) is 18.8. The van der Waals surface area contributed by atoms with Crippen molar-refractivity contribution in [3.8, 4) is 0 Å². The summed E-state index contributed by atoms with van der Waals surface area (Å²) in [5.41, 5.74) is 1.01. The monoisotopic (exact) mass is 264 g/mol. The third-order valence-electron chi connectivity index (χ3n) is 3.55. The van der Waals surface area contributed by atoms with E-state index in [1.165, 1.54) is 0 Å². The fraction of sp³-hybridized carbons (Fsp3) is 0.571. The molecule has 104 valence electrons. The van der Waals surface area contributed by atoms with Gasteiger partial charge in [0.25, 0.3) is 0 Å². The van der Waals surface area contributed by atoms with E-state index in [9.17, 15) is 4.79 Å². The van der Waals surface area contributed by atoms with Crippen molar-refractivity contribution in [3.05, 3.63) is 23.4 Å². The predicted octanol–water partition coefficient (Wildman–Crippen LogP) is 1.83. The maximum absolute atomic E-state index is 11.1. The number of hydrogen-bond donors (Lipinski definition) is 2. The minimum Gasteiger partial charge on any atom is -0.478 e. The molecule has 0 aliphatic carbocycles. The number of aromatic nitrogens is 1. The summed E-state index contributed by atoms with van der Waals surface area (Å²) in [7, 11) is 0. The van der Waals surface area contributed by atoms with Gasteiger partial charge in [0.1, 0.15) is 5.82 Å². The van der Waals surface area contributed by atoms with Crippen LogP contribution in [0.4, 0.5) is 5.82 Å². The van der Waals surface area contributed by atoms with Crippen molar-refractivity contribution < 1.29 is 15.0 Å². The van der Waals surface area contributed by atoms with Crippen LogP contribution in [0.15, 0.2) is 12.1 Å². The summed E-state index contributed by atoms with van der Waals surface area (Å²) in [6.07, 6.45) is 3.87. The number of pyridine rings is 1. The van der Waals surface area contributed by atoms with Crippen molar-refractivity contribution in [3.63, 3.8) is 0 Å². The average molecular weight is 264 g/mol. The Morgan fingerprint density at radius 3 is 3.00 bits per heavy atom. The number of nitrogens with zero attached hydrogens (tertiary/aromatic N) is 2. The van der Waals surface area contributed by atoms with Gasteiger partial charge < -0.3 is 15.1 Å². The van der Waals surface area contributed by atoms with Crippen molar-refractivity contribution >= 4 is 11.8 Å². The van der Waals surface area contributed by atoms with Crippen LogP contribution in [0.3, 0.4) is 0 Å². The first-order valence-corrected chi connectivity index (χ1v) is 6.71. The van der Waals surface area contributed by atoms with Crippen LogP contribution in [0.25, 0.3) is 0 Å². The maximum atomic E-state index is 11.1. The predicted molar refractivity (Wildman–Crippen MR) is 72.6 cm³/mol. The molecular formula is C14H20N2O3. The molecule has 5 nitrogen and oxygen atoms in total. The molecule has 5 heteroatoms. The zero-order chi connectivity index (χ0) is 13.8. The number of carboxylic acid groups (broad SMARTS) is 1. The van der Waals surface area contributed by atoms with Gasteiger partial charge in [-0.15, -0.1) is 0 Å². The summed E-state index contributed by atoms with van der Waals surface area (Å²) < 4.78 is 0. The molecule has 2 heterocycles. The van der Waals surface area contributed by atoms with Crippen molar-refractivity contribution in [2.45, 2.75) is 38.6 Å². The summed E-state index contributed by atoms with van der Waals surface area (Å²) in [5.74, 6) is -0.171. The van der Waals surface area contributed by atoms with E-state index in [0.717, 1.165) is 43.7 Å². The zero-order valence-electron chi connectivity index (χ0n) is 11.2. The van der Waals surface area contributed by atoms with Crippen LogP contribution in [0.2, 0.25) is 0 Å². The lowest BCUT2D eigenvalue weighted by Crippen LogP contribution is -2.30. The summed E-state index contributed by atoms with van der Waals surface area (Å²) in [6, 6.07) is 3.60. The van der Waals surface area contributed by atoms with Crippen LogP contribution in [-0.2, 0) is 0 Å². The number of carbonyl (C=O) groups is 1. The fourth-order valence-corrected chi connectivity index (χ4v) is 2.69. The molecule has 2 rings (SSSR count). The van der Waals surface area contributed by atoms with E-state index < -0.39 is 5.97 Å². The van der Waals surface area contributed by atoms with E-state index in [4.69, 9.17) is 10.2 Å². The van der Waals surface area contributed by atoms with Crippen LogP contribution < -0.4 is 4.90 Å². The molecule has 0 radical (unpaired) electrons. The molecule has 1 unspecified atom stereocenters. The Kier molecular flexibility index (Phi) is 4.37. The van der Waals surface area contributed by atoms with E-state index in [2.05, 4.69) is 9.88 Å². The van der Waals surface area contributed by atoms with Crippen molar-refractivity contribution in [1.29, 1.82) is 0 Å². The topological polar surface area (TPSA) is 73.7 Å². The van der Waals surface area contributed by atoms with Gasteiger partial charge in [0.05, 0.1) is 5.56 Å².